The number of hydrogen-bond acceptors (Lipinski definition) is 4. The Morgan fingerprint density at radius 2 is 2.07 bits per heavy atom. The average Bonchev–Trinajstić information content (AvgIpc) is 3.60. The minimum Gasteiger partial charge on any atom is -0.496 e. The molecule has 2 aliphatic rings. The Balaban J connectivity index is 1.28. The molecule has 5 nitrogen and oxygen atoms in total. The summed E-state index contributed by atoms with van der Waals surface area (Å²) in [6.45, 7) is 0.891. The van der Waals surface area contributed by atoms with Gasteiger partial charge in [-0.3, -0.25) is 4.40 Å². The summed E-state index contributed by atoms with van der Waals surface area (Å²) in [7, 11) is 1.74. The number of anilines is 1. The topological polar surface area (TPSA) is 51.5 Å². The lowest BCUT2D eigenvalue weighted by molar-refractivity contribution is 0.409. The van der Waals surface area contributed by atoms with Gasteiger partial charge in [-0.1, -0.05) is 29.8 Å². The summed E-state index contributed by atoms with van der Waals surface area (Å²) in [6.07, 6.45) is 6.80. The monoisotopic (exact) mass is 382 g/mol. The van der Waals surface area contributed by atoms with Crippen molar-refractivity contribution in [2.75, 3.05) is 19.0 Å². The number of nitrogens with one attached hydrogen (secondary N) is 1. The van der Waals surface area contributed by atoms with Gasteiger partial charge in [0.25, 0.3) is 0 Å². The third kappa shape index (κ3) is 3.25. The lowest BCUT2D eigenvalue weighted by atomic mass is 10.1. The molecule has 1 aromatic carbocycles. The lowest BCUT2D eigenvalue weighted by Crippen LogP contribution is -2.06. The van der Waals surface area contributed by atoms with Gasteiger partial charge in [-0.2, -0.15) is 0 Å². The Bertz CT molecular complexity index is 981. The maximum atomic E-state index is 6.61. The number of methoxy groups -OCH3 is 1. The zero-order valence-corrected chi connectivity index (χ0v) is 16.1. The van der Waals surface area contributed by atoms with Crippen molar-refractivity contribution in [1.29, 1.82) is 0 Å². The Kier molecular flexibility index (Phi) is 4.20. The first-order valence-electron chi connectivity index (χ1n) is 9.63. The highest BCUT2D eigenvalue weighted by molar-refractivity contribution is 6.36. The van der Waals surface area contributed by atoms with Crippen LogP contribution in [-0.2, 0) is 6.42 Å². The second-order valence-corrected chi connectivity index (χ2v) is 8.10. The number of para-hydroxylation sites is 1. The van der Waals surface area contributed by atoms with E-state index in [0.29, 0.717) is 16.9 Å². The molecular formula is C21H23ClN4O. The second kappa shape index (κ2) is 6.71. The number of nitrogens with zero attached hydrogens (tertiary/aromatic N) is 3. The summed E-state index contributed by atoms with van der Waals surface area (Å²) in [5.41, 5.74) is 2.98. The molecule has 3 aromatic rings. The molecule has 2 aliphatic carbocycles. The van der Waals surface area contributed by atoms with Crippen LogP contribution in [0.5, 0.6) is 5.75 Å². The Morgan fingerprint density at radius 1 is 1.22 bits per heavy atom. The highest BCUT2D eigenvalue weighted by Crippen LogP contribution is 2.50. The first kappa shape index (κ1) is 16.9. The predicted octanol–water partition coefficient (Wildman–Crippen LogP) is 4.56. The molecule has 27 heavy (non-hydrogen) atoms. The maximum Gasteiger partial charge on any atom is 0.181 e. The first-order chi connectivity index (χ1) is 13.2. The molecule has 0 bridgehead atoms. The quantitative estimate of drug-likeness (QED) is 0.650. The first-order valence-corrected chi connectivity index (χ1v) is 10.0. The zero-order valence-electron chi connectivity index (χ0n) is 15.4. The van der Waals surface area contributed by atoms with Crippen molar-refractivity contribution in [3.63, 3.8) is 0 Å². The number of halogens is 1. The zero-order chi connectivity index (χ0) is 18.4. The van der Waals surface area contributed by atoms with Crippen LogP contribution in [0.2, 0.25) is 5.02 Å². The summed E-state index contributed by atoms with van der Waals surface area (Å²) in [5, 5.41) is 12.8. The predicted molar refractivity (Wildman–Crippen MR) is 107 cm³/mol. The van der Waals surface area contributed by atoms with Gasteiger partial charge < -0.3 is 10.1 Å². The standard InChI is InChI=1S/C21H23ClN4O/c1-27-18-5-3-2-4-15(18)16-11-14(16)12-23-17-8-9-26-19(10-13-6-7-13)24-25-21(26)20(17)22/h2-5,8-9,13-14,16,23H,6-7,10-12H2,1H3/t14-,16+/m0/s1. The molecule has 2 saturated carbocycles. The molecule has 2 atom stereocenters. The van der Waals surface area contributed by atoms with Gasteiger partial charge in [0, 0.05) is 19.2 Å². The molecule has 0 saturated heterocycles. The van der Waals surface area contributed by atoms with Crippen molar-refractivity contribution in [3.05, 3.63) is 52.9 Å². The molecule has 0 radical (unpaired) electrons. The molecule has 1 N–H and O–H groups in total. The minimum absolute atomic E-state index is 0.550. The van der Waals surface area contributed by atoms with E-state index in [1.54, 1.807) is 7.11 Å². The molecule has 0 spiro atoms. The summed E-state index contributed by atoms with van der Waals surface area (Å²) in [4.78, 5) is 0. The van der Waals surface area contributed by atoms with Crippen molar-refractivity contribution in [1.82, 2.24) is 14.6 Å². The van der Waals surface area contributed by atoms with E-state index in [2.05, 4.69) is 27.6 Å². The van der Waals surface area contributed by atoms with E-state index in [0.717, 1.165) is 41.8 Å². The number of fused-ring (bicyclic) bond motifs is 1. The van der Waals surface area contributed by atoms with Crippen molar-refractivity contribution >= 4 is 22.9 Å². The van der Waals surface area contributed by atoms with Crippen LogP contribution < -0.4 is 10.1 Å². The van der Waals surface area contributed by atoms with Crippen LogP contribution in [0.4, 0.5) is 5.69 Å². The molecule has 6 heteroatoms. The summed E-state index contributed by atoms with van der Waals surface area (Å²) >= 11 is 6.61. The van der Waals surface area contributed by atoms with Crippen LogP contribution in [0.25, 0.3) is 5.65 Å². The normalized spacial score (nSPS) is 21.4. The minimum atomic E-state index is 0.550. The molecule has 0 amide bonds. The third-order valence-electron chi connectivity index (χ3n) is 5.77. The Hall–Kier alpha value is -2.27. The summed E-state index contributed by atoms with van der Waals surface area (Å²) in [6, 6.07) is 10.3. The van der Waals surface area contributed by atoms with E-state index in [-0.39, 0.29) is 0 Å². The molecule has 140 valence electrons. The summed E-state index contributed by atoms with van der Waals surface area (Å²) in [5.74, 6) is 3.91. The van der Waals surface area contributed by atoms with E-state index in [9.17, 15) is 0 Å². The number of ether oxygens (including phenoxy) is 1. The number of pyridine rings is 1. The van der Waals surface area contributed by atoms with Gasteiger partial charge >= 0.3 is 0 Å². The number of aromatic nitrogens is 3. The third-order valence-corrected chi connectivity index (χ3v) is 6.15. The SMILES string of the molecule is COc1ccccc1[C@@H]1C[C@H]1CNc1ccn2c(CC3CC3)nnc2c1Cl. The van der Waals surface area contributed by atoms with Crippen LogP contribution in [0.1, 0.15) is 36.6 Å². The number of hydrogen-bond donors (Lipinski definition) is 1. The number of benzene rings is 1. The van der Waals surface area contributed by atoms with Crippen molar-refractivity contribution in [3.8, 4) is 5.75 Å². The van der Waals surface area contributed by atoms with Gasteiger partial charge in [-0.05, 0) is 54.7 Å². The molecule has 5 rings (SSSR count). The summed E-state index contributed by atoms with van der Waals surface area (Å²) < 4.78 is 7.53. The van der Waals surface area contributed by atoms with Crippen LogP contribution in [-0.4, -0.2) is 28.3 Å². The van der Waals surface area contributed by atoms with Crippen LogP contribution in [0.3, 0.4) is 0 Å². The van der Waals surface area contributed by atoms with Gasteiger partial charge in [-0.15, -0.1) is 10.2 Å². The lowest BCUT2D eigenvalue weighted by Gasteiger charge is -2.10. The van der Waals surface area contributed by atoms with E-state index < -0.39 is 0 Å². The molecular weight excluding hydrogens is 360 g/mol. The fourth-order valence-corrected chi connectivity index (χ4v) is 4.16. The highest BCUT2D eigenvalue weighted by atomic mass is 35.5. The van der Waals surface area contributed by atoms with Gasteiger partial charge in [0.2, 0.25) is 0 Å². The Labute approximate surface area is 163 Å². The molecule has 2 aromatic heterocycles. The van der Waals surface area contributed by atoms with Crippen molar-refractivity contribution in [2.45, 2.75) is 31.6 Å². The Morgan fingerprint density at radius 3 is 2.89 bits per heavy atom. The van der Waals surface area contributed by atoms with Crippen molar-refractivity contribution < 1.29 is 4.74 Å². The van der Waals surface area contributed by atoms with Gasteiger partial charge in [0.1, 0.15) is 16.6 Å². The van der Waals surface area contributed by atoms with Crippen LogP contribution in [0, 0.1) is 11.8 Å². The van der Waals surface area contributed by atoms with Crippen molar-refractivity contribution in [2.24, 2.45) is 11.8 Å². The van der Waals surface area contributed by atoms with Crippen LogP contribution >= 0.6 is 11.6 Å². The highest BCUT2D eigenvalue weighted by Gasteiger charge is 2.39. The van der Waals surface area contributed by atoms with Gasteiger partial charge in [0.15, 0.2) is 5.65 Å². The largest absolute Gasteiger partial charge is 0.496 e. The van der Waals surface area contributed by atoms with E-state index in [1.807, 2.05) is 28.8 Å². The molecule has 2 heterocycles. The molecule has 2 fully saturated rings. The fourth-order valence-electron chi connectivity index (χ4n) is 3.90. The van der Waals surface area contributed by atoms with Gasteiger partial charge in [-0.25, -0.2) is 0 Å². The van der Waals surface area contributed by atoms with E-state index >= 15 is 0 Å². The van der Waals surface area contributed by atoms with Gasteiger partial charge in [0.05, 0.1) is 12.8 Å². The van der Waals surface area contributed by atoms with E-state index in [4.69, 9.17) is 16.3 Å². The molecule has 0 unspecified atom stereocenters. The van der Waals surface area contributed by atoms with Crippen LogP contribution in [0.15, 0.2) is 36.5 Å². The van der Waals surface area contributed by atoms with E-state index in [1.165, 1.54) is 24.8 Å². The smallest absolute Gasteiger partial charge is 0.181 e. The molecule has 0 aliphatic heterocycles. The fraction of sp³-hybridized carbons (Fsp3) is 0.429. The average molecular weight is 383 g/mol. The number of rotatable bonds is 7. The second-order valence-electron chi connectivity index (χ2n) is 7.73. The maximum absolute atomic E-state index is 6.61.